The van der Waals surface area contributed by atoms with Gasteiger partial charge in [0.2, 0.25) is 0 Å². The molecule has 116 valence electrons. The summed E-state index contributed by atoms with van der Waals surface area (Å²) in [6.07, 6.45) is 6.44. The van der Waals surface area contributed by atoms with E-state index in [4.69, 9.17) is 0 Å². The van der Waals surface area contributed by atoms with E-state index < -0.39 is 0 Å². The lowest BCUT2D eigenvalue weighted by molar-refractivity contribution is 0.0875. The van der Waals surface area contributed by atoms with Crippen LogP contribution >= 0.6 is 0 Å². The number of aromatic nitrogens is 2. The minimum atomic E-state index is -0.0332. The highest BCUT2D eigenvalue weighted by atomic mass is 16.2. The Morgan fingerprint density at radius 2 is 2.19 bits per heavy atom. The lowest BCUT2D eigenvalue weighted by Gasteiger charge is -2.37. The number of likely N-dealkylation sites (tertiary alicyclic amines) is 1. The molecule has 0 aromatic carbocycles. The summed E-state index contributed by atoms with van der Waals surface area (Å²) in [5.41, 5.74) is 1.54. The van der Waals surface area contributed by atoms with Crippen LogP contribution in [0.4, 0.5) is 0 Å². The maximum Gasteiger partial charge on any atom is 0.272 e. The Morgan fingerprint density at radius 3 is 2.81 bits per heavy atom. The summed E-state index contributed by atoms with van der Waals surface area (Å²) in [4.78, 5) is 14.8. The first-order valence-corrected chi connectivity index (χ1v) is 8.15. The van der Waals surface area contributed by atoms with E-state index in [1.165, 1.54) is 38.8 Å². The van der Waals surface area contributed by atoms with Gasteiger partial charge in [0.25, 0.3) is 5.91 Å². The largest absolute Gasteiger partial charge is 0.347 e. The van der Waals surface area contributed by atoms with E-state index in [1.807, 2.05) is 20.0 Å². The molecule has 1 saturated heterocycles. The molecule has 1 unspecified atom stereocenters. The first-order valence-electron chi connectivity index (χ1n) is 8.15. The van der Waals surface area contributed by atoms with Crippen LogP contribution in [0.2, 0.25) is 0 Å². The number of hydrogen-bond acceptors (Lipinski definition) is 3. The van der Waals surface area contributed by atoms with Gasteiger partial charge in [0, 0.05) is 31.9 Å². The zero-order valence-electron chi connectivity index (χ0n) is 13.1. The molecule has 0 radical (unpaired) electrons. The lowest BCUT2D eigenvalue weighted by atomic mass is 9.84. The second-order valence-corrected chi connectivity index (χ2v) is 6.66. The molecule has 1 amide bonds. The molecule has 1 aliphatic heterocycles. The van der Waals surface area contributed by atoms with Gasteiger partial charge in [0.15, 0.2) is 0 Å². The standard InChI is InChI=1S/C16H26N4O/c1-12-9-15(18-19(12)2)16(21)17-14-7-4-8-20(11-14)10-13-5-3-6-13/h9,13-14H,3-8,10-11H2,1-2H3,(H,17,21). The summed E-state index contributed by atoms with van der Waals surface area (Å²) in [5.74, 6) is 0.868. The molecule has 3 rings (SSSR count). The molecular weight excluding hydrogens is 264 g/mol. The average Bonchev–Trinajstić information content (AvgIpc) is 2.75. The lowest BCUT2D eigenvalue weighted by Crippen LogP contribution is -2.49. The van der Waals surface area contributed by atoms with Crippen molar-refractivity contribution in [2.45, 2.75) is 45.1 Å². The van der Waals surface area contributed by atoms with Crippen LogP contribution in [0.5, 0.6) is 0 Å². The summed E-state index contributed by atoms with van der Waals surface area (Å²) < 4.78 is 1.75. The summed E-state index contributed by atoms with van der Waals surface area (Å²) in [5, 5.41) is 7.41. The Bertz CT molecular complexity index is 487. The van der Waals surface area contributed by atoms with E-state index in [2.05, 4.69) is 15.3 Å². The van der Waals surface area contributed by atoms with Crippen LogP contribution in [-0.2, 0) is 7.05 Å². The Kier molecular flexibility index (Phi) is 4.29. The number of rotatable bonds is 4. The van der Waals surface area contributed by atoms with Crippen molar-refractivity contribution in [3.63, 3.8) is 0 Å². The number of carbonyl (C=O) groups excluding carboxylic acids is 1. The molecule has 2 aliphatic rings. The van der Waals surface area contributed by atoms with Gasteiger partial charge >= 0.3 is 0 Å². The van der Waals surface area contributed by atoms with E-state index in [-0.39, 0.29) is 11.9 Å². The van der Waals surface area contributed by atoms with E-state index in [9.17, 15) is 4.79 Å². The topological polar surface area (TPSA) is 50.2 Å². The van der Waals surface area contributed by atoms with Crippen LogP contribution in [0.3, 0.4) is 0 Å². The Morgan fingerprint density at radius 1 is 1.38 bits per heavy atom. The molecular formula is C16H26N4O. The highest BCUT2D eigenvalue weighted by molar-refractivity contribution is 5.92. The summed E-state index contributed by atoms with van der Waals surface area (Å²) in [6, 6.07) is 2.12. The number of nitrogens with zero attached hydrogens (tertiary/aromatic N) is 3. The Labute approximate surface area is 126 Å². The first-order chi connectivity index (χ1) is 10.1. The number of aryl methyl sites for hydroxylation is 2. The van der Waals surface area contributed by atoms with Gasteiger partial charge in [-0.2, -0.15) is 5.10 Å². The monoisotopic (exact) mass is 290 g/mol. The molecule has 0 spiro atoms. The van der Waals surface area contributed by atoms with Gasteiger partial charge in [0.05, 0.1) is 0 Å². The number of amides is 1. The van der Waals surface area contributed by atoms with Crippen molar-refractivity contribution >= 4 is 5.91 Å². The fourth-order valence-electron chi connectivity index (χ4n) is 3.31. The third-order valence-electron chi connectivity index (χ3n) is 4.93. The first kappa shape index (κ1) is 14.6. The van der Waals surface area contributed by atoms with Crippen molar-refractivity contribution in [2.24, 2.45) is 13.0 Å². The van der Waals surface area contributed by atoms with Crippen molar-refractivity contribution < 1.29 is 4.79 Å². The molecule has 2 fully saturated rings. The van der Waals surface area contributed by atoms with Crippen molar-refractivity contribution in [3.05, 3.63) is 17.5 Å². The molecule has 1 aliphatic carbocycles. The van der Waals surface area contributed by atoms with Crippen LogP contribution in [-0.4, -0.2) is 46.3 Å². The highest BCUT2D eigenvalue weighted by Crippen LogP contribution is 2.28. The normalized spacial score (nSPS) is 23.8. The second kappa shape index (κ2) is 6.18. The number of nitrogens with one attached hydrogen (secondary N) is 1. The summed E-state index contributed by atoms with van der Waals surface area (Å²) >= 11 is 0. The van der Waals surface area contributed by atoms with E-state index in [0.717, 1.165) is 24.6 Å². The predicted molar refractivity (Wildman–Crippen MR) is 82.2 cm³/mol. The fraction of sp³-hybridized carbons (Fsp3) is 0.750. The average molecular weight is 290 g/mol. The highest BCUT2D eigenvalue weighted by Gasteiger charge is 2.26. The third-order valence-corrected chi connectivity index (χ3v) is 4.93. The molecule has 5 heteroatoms. The number of piperidine rings is 1. The molecule has 1 atom stereocenters. The smallest absolute Gasteiger partial charge is 0.272 e. The Hall–Kier alpha value is -1.36. The quantitative estimate of drug-likeness (QED) is 0.918. The number of hydrogen-bond donors (Lipinski definition) is 1. The van der Waals surface area contributed by atoms with Crippen LogP contribution in [0.25, 0.3) is 0 Å². The van der Waals surface area contributed by atoms with Gasteiger partial charge in [-0.1, -0.05) is 6.42 Å². The molecule has 0 bridgehead atoms. The van der Waals surface area contributed by atoms with Crippen LogP contribution in [0, 0.1) is 12.8 Å². The van der Waals surface area contributed by atoms with Gasteiger partial charge in [-0.25, -0.2) is 0 Å². The molecule has 1 aromatic rings. The minimum absolute atomic E-state index is 0.0332. The van der Waals surface area contributed by atoms with Crippen molar-refractivity contribution in [1.29, 1.82) is 0 Å². The maximum absolute atomic E-state index is 12.3. The van der Waals surface area contributed by atoms with Gasteiger partial charge < -0.3 is 10.2 Å². The van der Waals surface area contributed by atoms with Crippen molar-refractivity contribution in [3.8, 4) is 0 Å². The van der Waals surface area contributed by atoms with E-state index in [1.54, 1.807) is 4.68 Å². The van der Waals surface area contributed by atoms with Crippen LogP contribution < -0.4 is 5.32 Å². The summed E-state index contributed by atoms with van der Waals surface area (Å²) in [6.45, 7) is 5.36. The van der Waals surface area contributed by atoms with Crippen molar-refractivity contribution in [1.82, 2.24) is 20.0 Å². The molecule has 21 heavy (non-hydrogen) atoms. The van der Waals surface area contributed by atoms with Gasteiger partial charge in [0.1, 0.15) is 5.69 Å². The van der Waals surface area contributed by atoms with Gasteiger partial charge in [-0.05, 0) is 51.1 Å². The van der Waals surface area contributed by atoms with Gasteiger partial charge in [-0.3, -0.25) is 9.48 Å². The van der Waals surface area contributed by atoms with Gasteiger partial charge in [-0.15, -0.1) is 0 Å². The Balaban J connectivity index is 1.52. The van der Waals surface area contributed by atoms with Crippen LogP contribution in [0.1, 0.15) is 48.3 Å². The van der Waals surface area contributed by atoms with E-state index in [0.29, 0.717) is 5.69 Å². The minimum Gasteiger partial charge on any atom is -0.347 e. The predicted octanol–water partition coefficient (Wildman–Crippen LogP) is 1.72. The molecule has 5 nitrogen and oxygen atoms in total. The number of carbonyl (C=O) groups is 1. The molecule has 1 N–H and O–H groups in total. The summed E-state index contributed by atoms with van der Waals surface area (Å²) in [7, 11) is 1.87. The van der Waals surface area contributed by atoms with Crippen molar-refractivity contribution in [2.75, 3.05) is 19.6 Å². The van der Waals surface area contributed by atoms with E-state index >= 15 is 0 Å². The zero-order valence-corrected chi connectivity index (χ0v) is 13.1. The maximum atomic E-state index is 12.3. The SMILES string of the molecule is Cc1cc(C(=O)NC2CCCN(CC3CCC3)C2)nn1C. The molecule has 2 heterocycles. The third kappa shape index (κ3) is 3.46. The van der Waals surface area contributed by atoms with Crippen LogP contribution in [0.15, 0.2) is 6.07 Å². The molecule has 1 saturated carbocycles. The second-order valence-electron chi connectivity index (χ2n) is 6.66. The zero-order chi connectivity index (χ0) is 14.8. The fourth-order valence-corrected chi connectivity index (χ4v) is 3.31. The molecule has 1 aromatic heterocycles.